The van der Waals surface area contributed by atoms with E-state index < -0.39 is 11.9 Å². The Morgan fingerprint density at radius 3 is 2.51 bits per heavy atom. The molecule has 4 aromatic rings. The number of aliphatic hydroxyl groups is 1. The number of fused-ring (bicyclic) bond motifs is 2. The molecule has 0 aromatic heterocycles. The minimum Gasteiger partial charge on any atom is -0.395 e. The number of nitrogens with zero attached hydrogens (tertiary/aromatic N) is 2. The molecule has 4 amide bonds. The van der Waals surface area contributed by atoms with Crippen molar-refractivity contribution in [3.63, 3.8) is 0 Å². The Morgan fingerprint density at radius 1 is 0.933 bits per heavy atom. The van der Waals surface area contributed by atoms with E-state index in [1.165, 1.54) is 21.2 Å². The monoisotopic (exact) mass is 604 g/mol. The number of carbonyl (C=O) groups excluding carboxylic acids is 4. The standard InChI is InChI=1S/C36H36N4O5/c41-19-18-39(17-16-27-6-3-5-26-4-1-2-7-30(26)27)22-25-10-8-24(9-11-25)21-37-34(43)28-12-13-31-29(20-28)23-40(36(31)45)32-14-15-33(42)38-35(32)44/h1-13,20,32,41H,14-19,21-23H2,(H,37,43)(H,38,42,44). The van der Waals surface area contributed by atoms with Gasteiger partial charge in [-0.05, 0) is 64.1 Å². The summed E-state index contributed by atoms with van der Waals surface area (Å²) in [6, 6.07) is 27.1. The van der Waals surface area contributed by atoms with Crippen LogP contribution in [-0.4, -0.2) is 64.3 Å². The lowest BCUT2D eigenvalue weighted by atomic mass is 10.0. The van der Waals surface area contributed by atoms with Crippen LogP contribution < -0.4 is 10.6 Å². The van der Waals surface area contributed by atoms with Crippen molar-refractivity contribution in [1.29, 1.82) is 0 Å². The molecule has 0 radical (unpaired) electrons. The van der Waals surface area contributed by atoms with Crippen LogP contribution in [0.4, 0.5) is 0 Å². The predicted octanol–water partition coefficient (Wildman–Crippen LogP) is 3.57. The first kappa shape index (κ1) is 30.2. The van der Waals surface area contributed by atoms with Crippen LogP contribution in [0.5, 0.6) is 0 Å². The van der Waals surface area contributed by atoms with Gasteiger partial charge in [-0.15, -0.1) is 0 Å². The van der Waals surface area contributed by atoms with Crippen LogP contribution in [0, 0.1) is 0 Å². The molecule has 9 nitrogen and oxygen atoms in total. The largest absolute Gasteiger partial charge is 0.395 e. The molecule has 2 heterocycles. The molecule has 1 fully saturated rings. The highest BCUT2D eigenvalue weighted by molar-refractivity contribution is 6.06. The molecule has 1 saturated heterocycles. The SMILES string of the molecule is O=C1CCC(N2Cc3cc(C(=O)NCc4ccc(CN(CCO)CCc5cccc6ccccc56)cc4)ccc3C2=O)C(=O)N1. The fraction of sp³-hybridized carbons (Fsp3) is 0.278. The van der Waals surface area contributed by atoms with Crippen LogP contribution in [0.3, 0.4) is 0 Å². The molecule has 1 atom stereocenters. The highest BCUT2D eigenvalue weighted by Crippen LogP contribution is 2.28. The van der Waals surface area contributed by atoms with Gasteiger partial charge in [0, 0.05) is 50.3 Å². The maximum absolute atomic E-state index is 13.0. The third-order valence-electron chi connectivity index (χ3n) is 8.66. The van der Waals surface area contributed by atoms with Crippen molar-refractivity contribution < 1.29 is 24.3 Å². The van der Waals surface area contributed by atoms with Gasteiger partial charge in [-0.25, -0.2) is 0 Å². The lowest BCUT2D eigenvalue weighted by Crippen LogP contribution is -2.52. The van der Waals surface area contributed by atoms with Gasteiger partial charge in [0.05, 0.1) is 6.61 Å². The van der Waals surface area contributed by atoms with E-state index in [2.05, 4.69) is 58.0 Å². The number of hydrogen-bond donors (Lipinski definition) is 3. The fourth-order valence-electron chi connectivity index (χ4n) is 6.22. The molecular weight excluding hydrogens is 568 g/mol. The second kappa shape index (κ2) is 13.4. The van der Waals surface area contributed by atoms with Gasteiger partial charge in [0.2, 0.25) is 11.8 Å². The first-order chi connectivity index (χ1) is 21.9. The van der Waals surface area contributed by atoms with E-state index in [9.17, 15) is 24.3 Å². The van der Waals surface area contributed by atoms with Crippen molar-refractivity contribution in [3.05, 3.63) is 118 Å². The van der Waals surface area contributed by atoms with Crippen LogP contribution in [0.2, 0.25) is 0 Å². The van der Waals surface area contributed by atoms with E-state index in [1.807, 2.05) is 24.3 Å². The number of benzene rings is 4. The number of nitrogens with one attached hydrogen (secondary N) is 2. The van der Waals surface area contributed by atoms with Gasteiger partial charge >= 0.3 is 0 Å². The van der Waals surface area contributed by atoms with Crippen LogP contribution in [0.25, 0.3) is 10.8 Å². The average molecular weight is 605 g/mol. The minimum atomic E-state index is -0.692. The third kappa shape index (κ3) is 6.79. The minimum absolute atomic E-state index is 0.0887. The molecule has 3 N–H and O–H groups in total. The van der Waals surface area contributed by atoms with Crippen LogP contribution in [0.1, 0.15) is 55.8 Å². The molecule has 0 spiro atoms. The van der Waals surface area contributed by atoms with E-state index >= 15 is 0 Å². The number of rotatable bonds is 11. The summed E-state index contributed by atoms with van der Waals surface area (Å²) in [6.45, 7) is 2.77. The molecule has 9 heteroatoms. The van der Waals surface area contributed by atoms with Crippen molar-refractivity contribution in [2.45, 2.75) is 44.9 Å². The number of carbonyl (C=O) groups is 4. The number of piperidine rings is 1. The number of hydrogen-bond acceptors (Lipinski definition) is 6. The van der Waals surface area contributed by atoms with Crippen molar-refractivity contribution in [2.24, 2.45) is 0 Å². The van der Waals surface area contributed by atoms with Crippen LogP contribution >= 0.6 is 0 Å². The summed E-state index contributed by atoms with van der Waals surface area (Å²) in [5, 5.41) is 17.4. The molecule has 0 aliphatic carbocycles. The van der Waals surface area contributed by atoms with Gasteiger partial charge in [0.15, 0.2) is 0 Å². The number of amides is 4. The quantitative estimate of drug-likeness (QED) is 0.225. The van der Waals surface area contributed by atoms with Crippen LogP contribution in [-0.2, 0) is 35.6 Å². The molecule has 230 valence electrons. The summed E-state index contributed by atoms with van der Waals surface area (Å²) in [5.41, 5.74) is 4.98. The third-order valence-corrected chi connectivity index (χ3v) is 8.66. The second-order valence-electron chi connectivity index (χ2n) is 11.7. The molecule has 4 aromatic carbocycles. The second-order valence-corrected chi connectivity index (χ2v) is 11.7. The van der Waals surface area contributed by atoms with Crippen molar-refractivity contribution in [1.82, 2.24) is 20.4 Å². The maximum atomic E-state index is 13.0. The topological polar surface area (TPSA) is 119 Å². The Hall–Kier alpha value is -4.86. The Bertz CT molecular complexity index is 1750. The molecule has 0 bridgehead atoms. The van der Waals surface area contributed by atoms with E-state index in [-0.39, 0.29) is 37.3 Å². The Kier molecular flexibility index (Phi) is 9.00. The zero-order valence-electron chi connectivity index (χ0n) is 25.0. The predicted molar refractivity (Wildman–Crippen MR) is 170 cm³/mol. The highest BCUT2D eigenvalue weighted by Gasteiger charge is 2.39. The summed E-state index contributed by atoms with van der Waals surface area (Å²) in [5.74, 6) is -1.31. The Balaban J connectivity index is 1.02. The van der Waals surface area contributed by atoms with E-state index in [0.29, 0.717) is 42.7 Å². The molecular formula is C36H36N4O5. The summed E-state index contributed by atoms with van der Waals surface area (Å²) in [7, 11) is 0. The van der Waals surface area contributed by atoms with Gasteiger partial charge < -0.3 is 15.3 Å². The molecule has 2 aliphatic heterocycles. The van der Waals surface area contributed by atoms with Gasteiger partial charge in [-0.1, -0.05) is 66.7 Å². The van der Waals surface area contributed by atoms with Crippen molar-refractivity contribution in [3.8, 4) is 0 Å². The summed E-state index contributed by atoms with van der Waals surface area (Å²) >= 11 is 0. The molecule has 6 rings (SSSR count). The zero-order chi connectivity index (χ0) is 31.3. The average Bonchev–Trinajstić information content (AvgIpc) is 3.38. The number of imide groups is 1. The van der Waals surface area contributed by atoms with E-state index in [1.54, 1.807) is 18.2 Å². The Morgan fingerprint density at radius 2 is 1.71 bits per heavy atom. The van der Waals surface area contributed by atoms with Gasteiger partial charge in [0.1, 0.15) is 6.04 Å². The molecule has 0 saturated carbocycles. The fourth-order valence-corrected chi connectivity index (χ4v) is 6.22. The zero-order valence-corrected chi connectivity index (χ0v) is 25.0. The Labute approximate surface area is 261 Å². The summed E-state index contributed by atoms with van der Waals surface area (Å²) in [4.78, 5) is 53.5. The number of aliphatic hydroxyl groups excluding tert-OH is 1. The molecule has 2 aliphatic rings. The van der Waals surface area contributed by atoms with Gasteiger partial charge in [-0.3, -0.25) is 29.4 Å². The first-order valence-electron chi connectivity index (χ1n) is 15.3. The van der Waals surface area contributed by atoms with Crippen molar-refractivity contribution >= 4 is 34.4 Å². The highest BCUT2D eigenvalue weighted by atomic mass is 16.3. The summed E-state index contributed by atoms with van der Waals surface area (Å²) < 4.78 is 0. The van der Waals surface area contributed by atoms with Gasteiger partial charge in [0.25, 0.3) is 11.8 Å². The normalized spacial score (nSPS) is 16.3. The molecule has 1 unspecified atom stereocenters. The maximum Gasteiger partial charge on any atom is 0.255 e. The first-order valence-corrected chi connectivity index (χ1v) is 15.3. The van der Waals surface area contributed by atoms with E-state index in [4.69, 9.17) is 0 Å². The van der Waals surface area contributed by atoms with Gasteiger partial charge in [-0.2, -0.15) is 0 Å². The van der Waals surface area contributed by atoms with E-state index in [0.717, 1.165) is 24.1 Å². The lowest BCUT2D eigenvalue weighted by molar-refractivity contribution is -0.136. The lowest BCUT2D eigenvalue weighted by Gasteiger charge is -2.29. The smallest absolute Gasteiger partial charge is 0.255 e. The van der Waals surface area contributed by atoms with Crippen LogP contribution in [0.15, 0.2) is 84.9 Å². The molecule has 45 heavy (non-hydrogen) atoms. The van der Waals surface area contributed by atoms with Crippen molar-refractivity contribution in [2.75, 3.05) is 19.7 Å². The summed E-state index contributed by atoms with van der Waals surface area (Å²) in [6.07, 6.45) is 1.37.